The molecule has 2 unspecified atom stereocenters. The Morgan fingerprint density at radius 1 is 1.00 bits per heavy atom. The third-order valence-corrected chi connectivity index (χ3v) is 3.81. The van der Waals surface area contributed by atoms with Gasteiger partial charge in [-0.2, -0.15) is 0 Å². The topological polar surface area (TPSA) is 0 Å². The van der Waals surface area contributed by atoms with Crippen LogP contribution in [0.3, 0.4) is 0 Å². The van der Waals surface area contributed by atoms with Gasteiger partial charge in [-0.05, 0) is 24.2 Å². The van der Waals surface area contributed by atoms with E-state index in [0.29, 0.717) is 0 Å². The molecule has 0 radical (unpaired) electrons. The molecule has 1 aliphatic rings. The summed E-state index contributed by atoms with van der Waals surface area (Å²) in [6.45, 7) is 4.81. The minimum Gasteiger partial charge on any atom is -0.116 e. The normalized spacial score (nSPS) is 40.7. The second-order valence-corrected chi connectivity index (χ2v) is 5.56. The molecule has 0 aromatic heterocycles. The summed E-state index contributed by atoms with van der Waals surface area (Å²) in [4.78, 5) is 0. The lowest BCUT2D eigenvalue weighted by Crippen LogP contribution is -1.95. The van der Waals surface area contributed by atoms with E-state index in [1.165, 1.54) is 34.3 Å². The molecule has 0 amide bonds. The first kappa shape index (κ1) is 7.54. The smallest absolute Gasteiger partial charge is 0.0263 e. The summed E-state index contributed by atoms with van der Waals surface area (Å²) in [7, 11) is 1.24. The third kappa shape index (κ3) is 2.67. The van der Waals surface area contributed by atoms with Gasteiger partial charge in [-0.15, -0.1) is 8.58 Å². The molecule has 2 atom stereocenters. The van der Waals surface area contributed by atoms with Crippen molar-refractivity contribution in [1.82, 2.24) is 0 Å². The van der Waals surface area contributed by atoms with Gasteiger partial charge in [-0.25, -0.2) is 0 Å². The number of rotatable bonds is 0. The molecule has 0 saturated carbocycles. The summed E-state index contributed by atoms with van der Waals surface area (Å²) < 4.78 is 0. The number of hydrogen-bond donors (Lipinski definition) is 0. The second kappa shape index (κ2) is 3.56. The highest BCUT2D eigenvalue weighted by Crippen LogP contribution is 2.34. The minimum absolute atomic E-state index is 1.03. The van der Waals surface area contributed by atoms with Gasteiger partial charge >= 0.3 is 0 Å². The molecule has 1 saturated heterocycles. The highest BCUT2D eigenvalue weighted by Gasteiger charge is 2.11. The predicted molar refractivity (Wildman–Crippen MR) is 45.7 cm³/mol. The highest BCUT2D eigenvalue weighted by molar-refractivity contribution is 7.39. The van der Waals surface area contributed by atoms with Gasteiger partial charge in [0, 0.05) is 0 Å². The summed E-state index contributed by atoms with van der Waals surface area (Å²) in [6, 6.07) is 0. The zero-order valence-corrected chi connectivity index (χ0v) is 7.48. The monoisotopic (exact) mass is 144 g/mol. The summed E-state index contributed by atoms with van der Waals surface area (Å²) in [6.07, 6.45) is 5.95. The lowest BCUT2D eigenvalue weighted by molar-refractivity contribution is 0.662. The third-order valence-electron chi connectivity index (χ3n) is 2.09. The van der Waals surface area contributed by atoms with Gasteiger partial charge in [0.1, 0.15) is 0 Å². The van der Waals surface area contributed by atoms with E-state index in [-0.39, 0.29) is 0 Å². The van der Waals surface area contributed by atoms with Crippen LogP contribution in [0.25, 0.3) is 0 Å². The molecule has 0 nitrogen and oxygen atoms in total. The molecule has 1 fully saturated rings. The molecule has 0 bridgehead atoms. The van der Waals surface area contributed by atoms with E-state index in [4.69, 9.17) is 0 Å². The molecule has 1 heteroatoms. The minimum atomic E-state index is 1.03. The van der Waals surface area contributed by atoms with Crippen molar-refractivity contribution in [2.24, 2.45) is 0 Å². The van der Waals surface area contributed by atoms with Gasteiger partial charge in [-0.3, -0.25) is 0 Å². The van der Waals surface area contributed by atoms with Crippen LogP contribution >= 0.6 is 8.58 Å². The van der Waals surface area contributed by atoms with E-state index in [1.807, 2.05) is 0 Å². The Hall–Kier alpha value is 0.430. The molecule has 9 heavy (non-hydrogen) atoms. The fourth-order valence-corrected chi connectivity index (χ4v) is 3.27. The van der Waals surface area contributed by atoms with Crippen LogP contribution in [0.5, 0.6) is 0 Å². The average Bonchev–Trinajstić information content (AvgIpc) is 1.93. The largest absolute Gasteiger partial charge is 0.116 e. The molecule has 54 valence electrons. The molecule has 0 N–H and O–H groups in total. The van der Waals surface area contributed by atoms with Crippen LogP contribution in [0.4, 0.5) is 0 Å². The van der Waals surface area contributed by atoms with Crippen molar-refractivity contribution in [2.45, 2.75) is 50.8 Å². The Morgan fingerprint density at radius 2 is 1.44 bits per heavy atom. The van der Waals surface area contributed by atoms with Crippen LogP contribution in [0.1, 0.15) is 39.5 Å². The van der Waals surface area contributed by atoms with Gasteiger partial charge in [0.2, 0.25) is 0 Å². The van der Waals surface area contributed by atoms with E-state index < -0.39 is 0 Å². The summed E-state index contributed by atoms with van der Waals surface area (Å²) >= 11 is 0. The summed E-state index contributed by atoms with van der Waals surface area (Å²) in [5.74, 6) is 0. The van der Waals surface area contributed by atoms with Crippen LogP contribution in [0.2, 0.25) is 0 Å². The maximum Gasteiger partial charge on any atom is -0.0263 e. The molecule has 0 aromatic carbocycles. The van der Waals surface area contributed by atoms with Crippen molar-refractivity contribution >= 4 is 8.58 Å². The van der Waals surface area contributed by atoms with Crippen LogP contribution in [-0.2, 0) is 0 Å². The Kier molecular flexibility index (Phi) is 2.98. The first-order valence-electron chi connectivity index (χ1n) is 4.05. The standard InChI is InChI=1S/C8H17P/c1-7-5-3-4-6-8(2)9-7/h7-9H,3-6H2,1-2H3. The van der Waals surface area contributed by atoms with Crippen molar-refractivity contribution < 1.29 is 0 Å². The SMILES string of the molecule is CC1CCCCC(C)P1. The van der Waals surface area contributed by atoms with E-state index in [2.05, 4.69) is 13.8 Å². The maximum absolute atomic E-state index is 2.40. The fourth-order valence-electron chi connectivity index (χ4n) is 1.55. The molecular formula is C8H17P. The molecule has 0 spiro atoms. The van der Waals surface area contributed by atoms with Crippen LogP contribution in [0.15, 0.2) is 0 Å². The van der Waals surface area contributed by atoms with Gasteiger partial charge in [0.25, 0.3) is 0 Å². The first-order chi connectivity index (χ1) is 4.29. The van der Waals surface area contributed by atoms with E-state index in [9.17, 15) is 0 Å². The van der Waals surface area contributed by atoms with E-state index >= 15 is 0 Å². The Morgan fingerprint density at radius 3 is 1.89 bits per heavy atom. The Bertz CT molecular complexity index is 70.6. The number of hydrogen-bond acceptors (Lipinski definition) is 0. The van der Waals surface area contributed by atoms with Crippen LogP contribution in [0, 0.1) is 0 Å². The van der Waals surface area contributed by atoms with Crippen molar-refractivity contribution in [3.8, 4) is 0 Å². The zero-order chi connectivity index (χ0) is 6.69. The van der Waals surface area contributed by atoms with Crippen molar-refractivity contribution in [1.29, 1.82) is 0 Å². The fraction of sp³-hybridized carbons (Fsp3) is 1.00. The summed E-state index contributed by atoms with van der Waals surface area (Å²) in [5, 5.41) is 0. The van der Waals surface area contributed by atoms with Crippen molar-refractivity contribution in [3.63, 3.8) is 0 Å². The average molecular weight is 144 g/mol. The molecule has 1 heterocycles. The first-order valence-corrected chi connectivity index (χ1v) is 5.20. The second-order valence-electron chi connectivity index (χ2n) is 3.25. The zero-order valence-electron chi connectivity index (χ0n) is 6.48. The molecule has 0 aromatic rings. The Labute approximate surface area is 60.2 Å². The van der Waals surface area contributed by atoms with Crippen LogP contribution in [-0.4, -0.2) is 11.3 Å². The van der Waals surface area contributed by atoms with Crippen molar-refractivity contribution in [2.75, 3.05) is 0 Å². The maximum atomic E-state index is 2.40. The lowest BCUT2D eigenvalue weighted by atomic mass is 10.1. The Balaban J connectivity index is 2.29. The summed E-state index contributed by atoms with van der Waals surface area (Å²) in [5.41, 5.74) is 2.06. The van der Waals surface area contributed by atoms with Crippen LogP contribution < -0.4 is 0 Å². The molecule has 1 rings (SSSR count). The van der Waals surface area contributed by atoms with Gasteiger partial charge in [-0.1, -0.05) is 26.7 Å². The highest BCUT2D eigenvalue weighted by atomic mass is 31.1. The van der Waals surface area contributed by atoms with Gasteiger partial charge in [0.05, 0.1) is 0 Å². The van der Waals surface area contributed by atoms with Gasteiger partial charge in [0.15, 0.2) is 0 Å². The van der Waals surface area contributed by atoms with E-state index in [1.54, 1.807) is 0 Å². The van der Waals surface area contributed by atoms with Crippen molar-refractivity contribution in [3.05, 3.63) is 0 Å². The lowest BCUT2D eigenvalue weighted by Gasteiger charge is -2.10. The quantitative estimate of drug-likeness (QED) is 0.458. The van der Waals surface area contributed by atoms with Gasteiger partial charge < -0.3 is 0 Å². The predicted octanol–water partition coefficient (Wildman–Crippen LogP) is 3.02. The van der Waals surface area contributed by atoms with E-state index in [0.717, 1.165) is 11.3 Å². The molecule has 0 aliphatic carbocycles. The molecule has 1 aliphatic heterocycles. The molecular weight excluding hydrogens is 127 g/mol.